The molecule has 5 heteroatoms. The third-order valence-corrected chi connectivity index (χ3v) is 2.53. The molecule has 0 aliphatic heterocycles. The Balaban J connectivity index is 2.59. The Morgan fingerprint density at radius 2 is 2.11 bits per heavy atom. The summed E-state index contributed by atoms with van der Waals surface area (Å²) in [6, 6.07) is 5.78. The molecule has 0 unspecified atom stereocenters. The number of ether oxygens (including phenoxy) is 3. The van der Waals surface area contributed by atoms with Crippen molar-refractivity contribution >= 4 is 11.6 Å². The summed E-state index contributed by atoms with van der Waals surface area (Å²) in [4.78, 5) is 0. The van der Waals surface area contributed by atoms with Crippen LogP contribution in [0.15, 0.2) is 29.8 Å². The molecule has 0 amide bonds. The van der Waals surface area contributed by atoms with E-state index < -0.39 is 0 Å². The summed E-state index contributed by atoms with van der Waals surface area (Å²) < 4.78 is 15.8. The van der Waals surface area contributed by atoms with E-state index in [1.165, 1.54) is 0 Å². The number of rotatable bonds is 9. The van der Waals surface area contributed by atoms with Crippen molar-refractivity contribution in [2.75, 3.05) is 34.0 Å². The molecule has 1 rings (SSSR count). The molecule has 19 heavy (non-hydrogen) atoms. The average molecular weight is 286 g/mol. The lowest BCUT2D eigenvalue weighted by Crippen LogP contribution is -2.18. The Bertz CT molecular complexity index is 410. The van der Waals surface area contributed by atoms with Gasteiger partial charge in [-0.1, -0.05) is 24.2 Å². The maximum atomic E-state index is 5.67. The standard InChI is InChI=1S/C14H20ClNO3/c1-11(15)10-19-13-5-4-12(8-14(13)18-3)9-16-6-7-17-2/h4-5,8,16H,1,6-7,9-10H2,2-3H3. The third-order valence-electron chi connectivity index (χ3n) is 2.42. The first kappa shape index (κ1) is 15.8. The number of hydrogen-bond donors (Lipinski definition) is 1. The molecule has 0 spiro atoms. The minimum Gasteiger partial charge on any atom is -0.493 e. The van der Waals surface area contributed by atoms with Crippen LogP contribution < -0.4 is 14.8 Å². The lowest BCUT2D eigenvalue weighted by Gasteiger charge is -2.12. The molecule has 0 heterocycles. The van der Waals surface area contributed by atoms with Gasteiger partial charge < -0.3 is 19.5 Å². The molecule has 0 saturated carbocycles. The van der Waals surface area contributed by atoms with Crippen LogP contribution >= 0.6 is 11.6 Å². The Hall–Kier alpha value is -1.23. The van der Waals surface area contributed by atoms with Crippen LogP contribution in [-0.4, -0.2) is 34.0 Å². The van der Waals surface area contributed by atoms with Crippen LogP contribution in [0, 0.1) is 0 Å². The minimum atomic E-state index is 0.267. The molecule has 0 radical (unpaired) electrons. The summed E-state index contributed by atoms with van der Waals surface area (Å²) >= 11 is 5.67. The lowest BCUT2D eigenvalue weighted by molar-refractivity contribution is 0.199. The van der Waals surface area contributed by atoms with E-state index in [1.807, 2.05) is 18.2 Å². The maximum absolute atomic E-state index is 5.67. The highest BCUT2D eigenvalue weighted by Gasteiger charge is 2.06. The van der Waals surface area contributed by atoms with Gasteiger partial charge in [0, 0.05) is 25.2 Å². The van der Waals surface area contributed by atoms with Crippen LogP contribution in [0.2, 0.25) is 0 Å². The van der Waals surface area contributed by atoms with Crippen LogP contribution in [0.5, 0.6) is 11.5 Å². The molecule has 0 bridgehead atoms. The number of benzene rings is 1. The highest BCUT2D eigenvalue weighted by molar-refractivity contribution is 6.29. The predicted octanol–water partition coefficient (Wildman–Crippen LogP) is 2.56. The third kappa shape index (κ3) is 5.96. The Labute approximate surface area is 119 Å². The van der Waals surface area contributed by atoms with Crippen molar-refractivity contribution in [2.45, 2.75) is 6.54 Å². The van der Waals surface area contributed by atoms with Crippen molar-refractivity contribution in [3.8, 4) is 11.5 Å². The largest absolute Gasteiger partial charge is 0.493 e. The zero-order chi connectivity index (χ0) is 14.1. The highest BCUT2D eigenvalue weighted by atomic mass is 35.5. The first-order valence-electron chi connectivity index (χ1n) is 6.00. The SMILES string of the molecule is C=C(Cl)COc1ccc(CNCCOC)cc1OC. The molecule has 0 fully saturated rings. The topological polar surface area (TPSA) is 39.7 Å². The lowest BCUT2D eigenvalue weighted by atomic mass is 10.2. The van der Waals surface area contributed by atoms with Gasteiger partial charge in [0.1, 0.15) is 6.61 Å². The van der Waals surface area contributed by atoms with Gasteiger partial charge >= 0.3 is 0 Å². The van der Waals surface area contributed by atoms with Gasteiger partial charge in [-0.05, 0) is 17.7 Å². The number of methoxy groups -OCH3 is 2. The molecule has 1 aromatic carbocycles. The summed E-state index contributed by atoms with van der Waals surface area (Å²) in [5.74, 6) is 1.34. The highest BCUT2D eigenvalue weighted by Crippen LogP contribution is 2.28. The molecule has 0 aliphatic rings. The van der Waals surface area contributed by atoms with Crippen LogP contribution in [-0.2, 0) is 11.3 Å². The number of hydrogen-bond acceptors (Lipinski definition) is 4. The van der Waals surface area contributed by atoms with Gasteiger partial charge in [0.15, 0.2) is 11.5 Å². The summed E-state index contributed by atoms with van der Waals surface area (Å²) in [5, 5.41) is 3.72. The van der Waals surface area contributed by atoms with Gasteiger partial charge in [-0.15, -0.1) is 0 Å². The summed E-state index contributed by atoms with van der Waals surface area (Å²) in [5.41, 5.74) is 1.12. The number of halogens is 1. The van der Waals surface area contributed by atoms with E-state index in [0.717, 1.165) is 18.7 Å². The van der Waals surface area contributed by atoms with Crippen molar-refractivity contribution in [2.24, 2.45) is 0 Å². The second-order valence-electron chi connectivity index (χ2n) is 3.96. The molecule has 0 aromatic heterocycles. The van der Waals surface area contributed by atoms with E-state index in [2.05, 4.69) is 11.9 Å². The van der Waals surface area contributed by atoms with Gasteiger partial charge in [-0.2, -0.15) is 0 Å². The van der Waals surface area contributed by atoms with Crippen molar-refractivity contribution in [1.82, 2.24) is 5.32 Å². The summed E-state index contributed by atoms with van der Waals surface area (Å²) in [6.45, 7) is 6.10. The molecule has 0 aliphatic carbocycles. The monoisotopic (exact) mass is 285 g/mol. The van der Waals surface area contributed by atoms with Gasteiger partial charge in [0.2, 0.25) is 0 Å². The molecule has 1 N–H and O–H groups in total. The van der Waals surface area contributed by atoms with Crippen LogP contribution in [0.4, 0.5) is 0 Å². The summed E-state index contributed by atoms with van der Waals surface area (Å²) in [7, 11) is 3.29. The van der Waals surface area contributed by atoms with E-state index in [-0.39, 0.29) is 6.61 Å². The molecule has 4 nitrogen and oxygen atoms in total. The second kappa shape index (κ2) is 8.80. The van der Waals surface area contributed by atoms with E-state index in [9.17, 15) is 0 Å². The normalized spacial score (nSPS) is 10.3. The Morgan fingerprint density at radius 1 is 1.32 bits per heavy atom. The van der Waals surface area contributed by atoms with Gasteiger partial charge in [0.05, 0.1) is 13.7 Å². The molecule has 1 aromatic rings. The maximum Gasteiger partial charge on any atom is 0.161 e. The van der Waals surface area contributed by atoms with Crippen molar-refractivity contribution in [1.29, 1.82) is 0 Å². The Kier molecular flexibility index (Phi) is 7.33. The zero-order valence-corrected chi connectivity index (χ0v) is 12.1. The van der Waals surface area contributed by atoms with E-state index in [4.69, 9.17) is 25.8 Å². The smallest absolute Gasteiger partial charge is 0.161 e. The van der Waals surface area contributed by atoms with Gasteiger partial charge in [-0.3, -0.25) is 0 Å². The van der Waals surface area contributed by atoms with E-state index >= 15 is 0 Å². The molecule has 106 valence electrons. The zero-order valence-electron chi connectivity index (χ0n) is 11.4. The first-order chi connectivity index (χ1) is 9.17. The number of nitrogens with one attached hydrogen (secondary N) is 1. The molecule has 0 saturated heterocycles. The van der Waals surface area contributed by atoms with Crippen LogP contribution in [0.25, 0.3) is 0 Å². The molecular weight excluding hydrogens is 266 g/mol. The predicted molar refractivity (Wildman–Crippen MR) is 77.1 cm³/mol. The van der Waals surface area contributed by atoms with E-state index in [0.29, 0.717) is 23.1 Å². The van der Waals surface area contributed by atoms with Crippen molar-refractivity contribution in [3.05, 3.63) is 35.4 Å². The quantitative estimate of drug-likeness (QED) is 0.708. The van der Waals surface area contributed by atoms with Crippen molar-refractivity contribution < 1.29 is 14.2 Å². The molecular formula is C14H20ClNO3. The summed E-state index contributed by atoms with van der Waals surface area (Å²) in [6.07, 6.45) is 0. The first-order valence-corrected chi connectivity index (χ1v) is 6.37. The van der Waals surface area contributed by atoms with Crippen LogP contribution in [0.3, 0.4) is 0 Å². The fraction of sp³-hybridized carbons (Fsp3) is 0.429. The minimum absolute atomic E-state index is 0.267. The fourth-order valence-corrected chi connectivity index (χ4v) is 1.56. The molecule has 0 atom stereocenters. The fourth-order valence-electron chi connectivity index (χ4n) is 1.50. The second-order valence-corrected chi connectivity index (χ2v) is 4.50. The average Bonchev–Trinajstić information content (AvgIpc) is 2.41. The van der Waals surface area contributed by atoms with Gasteiger partial charge in [-0.25, -0.2) is 0 Å². The van der Waals surface area contributed by atoms with Gasteiger partial charge in [0.25, 0.3) is 0 Å². The van der Waals surface area contributed by atoms with Crippen LogP contribution in [0.1, 0.15) is 5.56 Å². The van der Waals surface area contributed by atoms with Crippen molar-refractivity contribution in [3.63, 3.8) is 0 Å². The Morgan fingerprint density at radius 3 is 2.74 bits per heavy atom. The van der Waals surface area contributed by atoms with E-state index in [1.54, 1.807) is 14.2 Å².